The molecular formula is C8H13NO2. The monoisotopic (exact) mass is 155 g/mol. The Morgan fingerprint density at radius 2 is 1.82 bits per heavy atom. The van der Waals surface area contributed by atoms with E-state index >= 15 is 0 Å². The molecule has 0 radical (unpaired) electrons. The third-order valence-corrected chi connectivity index (χ3v) is 2.73. The lowest BCUT2D eigenvalue weighted by Crippen LogP contribution is -2.50. The summed E-state index contributed by atoms with van der Waals surface area (Å²) in [5.74, 6) is 0.968. The van der Waals surface area contributed by atoms with E-state index in [1.54, 1.807) is 0 Å². The van der Waals surface area contributed by atoms with Crippen molar-refractivity contribution >= 4 is 5.78 Å². The van der Waals surface area contributed by atoms with E-state index in [2.05, 4.69) is 0 Å². The normalized spacial score (nSPS) is 44.1. The molecule has 0 spiro atoms. The van der Waals surface area contributed by atoms with Gasteiger partial charge in [-0.05, 0) is 0 Å². The summed E-state index contributed by atoms with van der Waals surface area (Å²) >= 11 is 0. The van der Waals surface area contributed by atoms with E-state index in [1.165, 1.54) is 0 Å². The van der Waals surface area contributed by atoms with Crippen molar-refractivity contribution in [1.82, 2.24) is 0 Å². The summed E-state index contributed by atoms with van der Waals surface area (Å²) in [6.07, 6.45) is 1.27. The van der Waals surface area contributed by atoms with Gasteiger partial charge in [0, 0.05) is 30.7 Å². The molecule has 1 saturated carbocycles. The number of nitrogens with two attached hydrogens (primary N) is 1. The zero-order valence-corrected chi connectivity index (χ0v) is 6.45. The van der Waals surface area contributed by atoms with Crippen molar-refractivity contribution < 1.29 is 9.53 Å². The molecule has 1 heterocycles. The maximum atomic E-state index is 11.1. The van der Waals surface area contributed by atoms with E-state index < -0.39 is 0 Å². The van der Waals surface area contributed by atoms with Crippen molar-refractivity contribution in [1.29, 1.82) is 0 Å². The molecule has 2 N–H and O–H groups in total. The fourth-order valence-electron chi connectivity index (χ4n) is 2.04. The molecule has 3 nitrogen and oxygen atoms in total. The van der Waals surface area contributed by atoms with Gasteiger partial charge in [0.05, 0.1) is 13.2 Å². The quantitative estimate of drug-likeness (QED) is 0.533. The molecule has 0 aromatic carbocycles. The Kier molecular flexibility index (Phi) is 1.69. The van der Waals surface area contributed by atoms with Gasteiger partial charge in [0.25, 0.3) is 0 Å². The molecular weight excluding hydrogens is 142 g/mol. The van der Waals surface area contributed by atoms with E-state index in [1.807, 2.05) is 0 Å². The molecule has 1 saturated heterocycles. The first-order valence-corrected chi connectivity index (χ1v) is 4.12. The third kappa shape index (κ3) is 1.19. The molecule has 2 unspecified atom stereocenters. The Morgan fingerprint density at radius 3 is 2.36 bits per heavy atom. The molecule has 1 aliphatic heterocycles. The second-order valence-corrected chi connectivity index (χ2v) is 3.58. The van der Waals surface area contributed by atoms with Crippen molar-refractivity contribution in [3.63, 3.8) is 0 Å². The van der Waals surface area contributed by atoms with Gasteiger partial charge < -0.3 is 10.5 Å². The average molecular weight is 155 g/mol. The molecule has 2 aliphatic rings. The van der Waals surface area contributed by atoms with Crippen LogP contribution in [-0.2, 0) is 9.53 Å². The molecule has 0 aromatic rings. The standard InChI is InChI=1S/C8H13NO2/c9-8-5-1-7(10)2-6(8)4-11-3-5/h5-6,8H,1-4,9H2. The Hall–Kier alpha value is -0.410. The molecule has 2 rings (SSSR count). The lowest BCUT2D eigenvalue weighted by molar-refractivity contribution is -0.129. The van der Waals surface area contributed by atoms with Crippen LogP contribution >= 0.6 is 0 Å². The van der Waals surface area contributed by atoms with Gasteiger partial charge in [-0.25, -0.2) is 0 Å². The molecule has 0 aromatic heterocycles. The summed E-state index contributed by atoms with van der Waals surface area (Å²) in [6, 6.07) is 0.210. The van der Waals surface area contributed by atoms with E-state index in [4.69, 9.17) is 10.5 Å². The second kappa shape index (κ2) is 2.57. The van der Waals surface area contributed by atoms with Gasteiger partial charge in [-0.3, -0.25) is 4.79 Å². The van der Waals surface area contributed by atoms with Gasteiger partial charge >= 0.3 is 0 Å². The number of hydrogen-bond donors (Lipinski definition) is 1. The summed E-state index contributed by atoms with van der Waals surface area (Å²) in [4.78, 5) is 11.1. The minimum atomic E-state index is 0.210. The first kappa shape index (κ1) is 7.25. The lowest BCUT2D eigenvalue weighted by atomic mass is 9.76. The first-order chi connectivity index (χ1) is 5.27. The van der Waals surface area contributed by atoms with Gasteiger partial charge in [-0.2, -0.15) is 0 Å². The highest BCUT2D eigenvalue weighted by molar-refractivity contribution is 5.80. The van der Waals surface area contributed by atoms with E-state index in [0.29, 0.717) is 43.7 Å². The highest BCUT2D eigenvalue weighted by Gasteiger charge is 2.37. The van der Waals surface area contributed by atoms with Crippen LogP contribution in [0, 0.1) is 11.8 Å². The van der Waals surface area contributed by atoms with Crippen LogP contribution in [0.4, 0.5) is 0 Å². The summed E-state index contributed by atoms with van der Waals surface area (Å²) in [5, 5.41) is 0. The predicted molar refractivity (Wildman–Crippen MR) is 40.0 cm³/mol. The highest BCUT2D eigenvalue weighted by atomic mass is 16.5. The van der Waals surface area contributed by atoms with Gasteiger partial charge in [-0.15, -0.1) is 0 Å². The van der Waals surface area contributed by atoms with Gasteiger partial charge in [0.1, 0.15) is 5.78 Å². The third-order valence-electron chi connectivity index (χ3n) is 2.73. The van der Waals surface area contributed by atoms with Crippen LogP contribution < -0.4 is 5.73 Å². The number of fused-ring (bicyclic) bond motifs is 2. The highest BCUT2D eigenvalue weighted by Crippen LogP contribution is 2.30. The second-order valence-electron chi connectivity index (χ2n) is 3.58. The maximum Gasteiger partial charge on any atom is 0.133 e. The van der Waals surface area contributed by atoms with Crippen LogP contribution in [-0.4, -0.2) is 25.0 Å². The fraction of sp³-hybridized carbons (Fsp3) is 0.875. The molecule has 1 aliphatic carbocycles. The van der Waals surface area contributed by atoms with Crippen molar-refractivity contribution in [3.8, 4) is 0 Å². The van der Waals surface area contributed by atoms with Crippen LogP contribution in [0.25, 0.3) is 0 Å². The van der Waals surface area contributed by atoms with Crippen LogP contribution in [0.2, 0.25) is 0 Å². The maximum absolute atomic E-state index is 11.1. The molecule has 62 valence electrons. The molecule has 2 fully saturated rings. The van der Waals surface area contributed by atoms with E-state index in [-0.39, 0.29) is 6.04 Å². The largest absolute Gasteiger partial charge is 0.381 e. The molecule has 2 bridgehead atoms. The molecule has 11 heavy (non-hydrogen) atoms. The number of ether oxygens (including phenoxy) is 1. The van der Waals surface area contributed by atoms with Gasteiger partial charge in [-0.1, -0.05) is 0 Å². The van der Waals surface area contributed by atoms with Crippen molar-refractivity contribution in [2.24, 2.45) is 17.6 Å². The Morgan fingerprint density at radius 1 is 1.27 bits per heavy atom. The Balaban J connectivity index is 2.12. The number of rotatable bonds is 0. The smallest absolute Gasteiger partial charge is 0.133 e. The number of Topliss-reactive ketones (excluding diaryl/α,β-unsaturated/α-hetero) is 1. The fourth-order valence-corrected chi connectivity index (χ4v) is 2.04. The first-order valence-electron chi connectivity index (χ1n) is 4.12. The molecule has 0 amide bonds. The summed E-state index contributed by atoms with van der Waals surface area (Å²) in [5.41, 5.74) is 5.91. The topological polar surface area (TPSA) is 52.3 Å². The van der Waals surface area contributed by atoms with E-state index in [9.17, 15) is 4.79 Å². The number of carbonyl (C=O) groups is 1. The number of carbonyl (C=O) groups excluding carboxylic acids is 1. The number of ketones is 1. The van der Waals surface area contributed by atoms with Crippen molar-refractivity contribution in [2.75, 3.05) is 13.2 Å². The lowest BCUT2D eigenvalue weighted by Gasteiger charge is -2.39. The van der Waals surface area contributed by atoms with Crippen molar-refractivity contribution in [3.05, 3.63) is 0 Å². The Bertz CT molecular complexity index is 165. The van der Waals surface area contributed by atoms with E-state index in [0.717, 1.165) is 0 Å². The van der Waals surface area contributed by atoms with Crippen molar-refractivity contribution in [2.45, 2.75) is 18.9 Å². The zero-order valence-electron chi connectivity index (χ0n) is 6.45. The molecule has 3 heteroatoms. The summed E-state index contributed by atoms with van der Waals surface area (Å²) in [6.45, 7) is 1.37. The number of hydrogen-bond acceptors (Lipinski definition) is 3. The minimum absolute atomic E-state index is 0.210. The Labute approximate surface area is 65.9 Å². The summed E-state index contributed by atoms with van der Waals surface area (Å²) in [7, 11) is 0. The molecule has 2 atom stereocenters. The van der Waals surface area contributed by atoms with Crippen LogP contribution in [0.3, 0.4) is 0 Å². The van der Waals surface area contributed by atoms with Gasteiger partial charge in [0.15, 0.2) is 0 Å². The van der Waals surface area contributed by atoms with Crippen LogP contribution in [0.15, 0.2) is 0 Å². The average Bonchev–Trinajstić information content (AvgIpc) is 1.92. The van der Waals surface area contributed by atoms with Gasteiger partial charge in [0.2, 0.25) is 0 Å². The zero-order chi connectivity index (χ0) is 7.84. The predicted octanol–water partition coefficient (Wildman–Crippen LogP) is -0.0608. The van der Waals surface area contributed by atoms with Crippen LogP contribution in [0.1, 0.15) is 12.8 Å². The van der Waals surface area contributed by atoms with Crippen LogP contribution in [0.5, 0.6) is 0 Å². The SMILES string of the molecule is NC1C2COCC1CC(=O)C2. The minimum Gasteiger partial charge on any atom is -0.381 e. The summed E-state index contributed by atoms with van der Waals surface area (Å²) < 4.78 is 5.32.